The minimum atomic E-state index is 0.725. The molecule has 1 saturated carbocycles. The number of aromatic nitrogens is 4. The normalized spacial score (nSPS) is 16.7. The Morgan fingerprint density at radius 2 is 2.12 bits per heavy atom. The van der Waals surface area contributed by atoms with E-state index in [1.807, 2.05) is 0 Å². The maximum absolute atomic E-state index is 4.25. The van der Waals surface area contributed by atoms with Gasteiger partial charge in [0, 0.05) is 6.54 Å². The summed E-state index contributed by atoms with van der Waals surface area (Å²) in [6, 6.07) is 0. The van der Waals surface area contributed by atoms with E-state index in [1.54, 1.807) is 12.7 Å². The van der Waals surface area contributed by atoms with Crippen molar-refractivity contribution in [3.05, 3.63) is 12.7 Å². The number of aromatic amines is 1. The summed E-state index contributed by atoms with van der Waals surface area (Å²) in [6.07, 6.45) is 10.0. The Morgan fingerprint density at radius 1 is 1.24 bits per heavy atom. The molecule has 2 N–H and O–H groups in total. The van der Waals surface area contributed by atoms with Crippen molar-refractivity contribution in [1.82, 2.24) is 19.9 Å². The van der Waals surface area contributed by atoms with Crippen molar-refractivity contribution in [2.45, 2.75) is 32.1 Å². The Bertz CT molecular complexity index is 486. The van der Waals surface area contributed by atoms with E-state index in [-0.39, 0.29) is 0 Å². The number of nitrogens with one attached hydrogen (secondary N) is 2. The number of H-pyrrole nitrogens is 1. The first-order chi connectivity index (χ1) is 8.43. The molecule has 1 fully saturated rings. The van der Waals surface area contributed by atoms with Crippen molar-refractivity contribution in [2.75, 3.05) is 11.9 Å². The van der Waals surface area contributed by atoms with Crippen LogP contribution in [0.5, 0.6) is 0 Å². The van der Waals surface area contributed by atoms with Gasteiger partial charge in [-0.2, -0.15) is 0 Å². The van der Waals surface area contributed by atoms with Gasteiger partial charge in [0.15, 0.2) is 11.5 Å². The molecular formula is C12H17N5. The Balaban J connectivity index is 1.62. The first-order valence-electron chi connectivity index (χ1n) is 6.31. The van der Waals surface area contributed by atoms with E-state index in [4.69, 9.17) is 0 Å². The molecule has 0 amide bonds. The molecule has 17 heavy (non-hydrogen) atoms. The lowest BCUT2D eigenvalue weighted by molar-refractivity contribution is 0.518. The fourth-order valence-corrected chi connectivity index (χ4v) is 2.59. The van der Waals surface area contributed by atoms with E-state index >= 15 is 0 Å². The number of hydrogen-bond donors (Lipinski definition) is 2. The summed E-state index contributed by atoms with van der Waals surface area (Å²) in [5.74, 6) is 1.77. The van der Waals surface area contributed by atoms with Crippen molar-refractivity contribution in [2.24, 2.45) is 5.92 Å². The molecule has 0 unspecified atom stereocenters. The largest absolute Gasteiger partial charge is 0.368 e. The molecule has 0 spiro atoms. The molecular weight excluding hydrogens is 214 g/mol. The number of fused-ring (bicyclic) bond motifs is 1. The van der Waals surface area contributed by atoms with Crippen LogP contribution >= 0.6 is 0 Å². The summed E-state index contributed by atoms with van der Waals surface area (Å²) in [5, 5.41) is 3.38. The Labute approximate surface area is 100 Å². The molecule has 0 atom stereocenters. The third-order valence-corrected chi connectivity index (χ3v) is 3.54. The molecule has 2 heterocycles. The lowest BCUT2D eigenvalue weighted by Crippen LogP contribution is -2.08. The van der Waals surface area contributed by atoms with Crippen molar-refractivity contribution in [3.63, 3.8) is 0 Å². The monoisotopic (exact) mass is 231 g/mol. The highest BCUT2D eigenvalue weighted by Crippen LogP contribution is 2.27. The fourth-order valence-electron chi connectivity index (χ4n) is 2.59. The summed E-state index contributed by atoms with van der Waals surface area (Å²) in [6.45, 7) is 0.982. The number of hydrogen-bond acceptors (Lipinski definition) is 4. The second-order valence-corrected chi connectivity index (χ2v) is 4.69. The lowest BCUT2D eigenvalue weighted by atomic mass is 10.0. The average molecular weight is 231 g/mol. The number of anilines is 1. The third-order valence-electron chi connectivity index (χ3n) is 3.54. The topological polar surface area (TPSA) is 66.5 Å². The zero-order valence-corrected chi connectivity index (χ0v) is 9.82. The van der Waals surface area contributed by atoms with E-state index in [2.05, 4.69) is 25.3 Å². The summed E-state index contributed by atoms with van der Waals surface area (Å²) >= 11 is 0. The summed E-state index contributed by atoms with van der Waals surface area (Å²) in [4.78, 5) is 15.5. The molecule has 0 radical (unpaired) electrons. The molecule has 5 heteroatoms. The predicted octanol–water partition coefficient (Wildman–Crippen LogP) is 2.35. The van der Waals surface area contributed by atoms with Gasteiger partial charge in [-0.25, -0.2) is 15.0 Å². The number of imidazole rings is 1. The zero-order chi connectivity index (χ0) is 11.5. The van der Waals surface area contributed by atoms with Gasteiger partial charge in [-0.05, 0) is 12.3 Å². The van der Waals surface area contributed by atoms with Gasteiger partial charge in [0.1, 0.15) is 11.8 Å². The Kier molecular flexibility index (Phi) is 2.90. The molecule has 0 aliphatic heterocycles. The molecule has 1 aliphatic rings. The molecule has 0 saturated heterocycles. The van der Waals surface area contributed by atoms with Crippen LogP contribution in [-0.4, -0.2) is 26.5 Å². The van der Waals surface area contributed by atoms with Gasteiger partial charge in [0.2, 0.25) is 0 Å². The minimum Gasteiger partial charge on any atom is -0.368 e. The van der Waals surface area contributed by atoms with E-state index in [1.165, 1.54) is 32.1 Å². The van der Waals surface area contributed by atoms with E-state index in [0.29, 0.717) is 0 Å². The lowest BCUT2D eigenvalue weighted by Gasteiger charge is -2.10. The summed E-state index contributed by atoms with van der Waals surface area (Å²) in [7, 11) is 0. The molecule has 0 bridgehead atoms. The van der Waals surface area contributed by atoms with Crippen molar-refractivity contribution >= 4 is 17.0 Å². The molecule has 1 aliphatic carbocycles. The van der Waals surface area contributed by atoms with Crippen molar-refractivity contribution in [3.8, 4) is 0 Å². The van der Waals surface area contributed by atoms with Gasteiger partial charge in [0.25, 0.3) is 0 Å². The molecule has 2 aromatic heterocycles. The third kappa shape index (κ3) is 2.23. The van der Waals surface area contributed by atoms with Gasteiger partial charge in [-0.15, -0.1) is 0 Å². The second-order valence-electron chi connectivity index (χ2n) is 4.69. The van der Waals surface area contributed by atoms with Crippen LogP contribution in [0, 0.1) is 5.92 Å². The average Bonchev–Trinajstić information content (AvgIpc) is 2.99. The Morgan fingerprint density at radius 3 is 3.00 bits per heavy atom. The predicted molar refractivity (Wildman–Crippen MR) is 66.7 cm³/mol. The van der Waals surface area contributed by atoms with E-state index < -0.39 is 0 Å². The van der Waals surface area contributed by atoms with Crippen LogP contribution in [0.1, 0.15) is 32.1 Å². The number of nitrogens with zero attached hydrogens (tertiary/aromatic N) is 3. The van der Waals surface area contributed by atoms with Crippen LogP contribution in [0.3, 0.4) is 0 Å². The minimum absolute atomic E-state index is 0.725. The van der Waals surface area contributed by atoms with Gasteiger partial charge in [0.05, 0.1) is 6.33 Å². The van der Waals surface area contributed by atoms with Gasteiger partial charge in [-0.1, -0.05) is 25.7 Å². The molecule has 0 aromatic carbocycles. The van der Waals surface area contributed by atoms with Crippen LogP contribution in [0.25, 0.3) is 11.2 Å². The highest BCUT2D eigenvalue weighted by molar-refractivity contribution is 5.81. The van der Waals surface area contributed by atoms with Crippen molar-refractivity contribution in [1.29, 1.82) is 0 Å². The second kappa shape index (κ2) is 4.69. The van der Waals surface area contributed by atoms with Crippen LogP contribution in [0.15, 0.2) is 12.7 Å². The highest BCUT2D eigenvalue weighted by Gasteiger charge is 2.14. The van der Waals surface area contributed by atoms with Crippen LogP contribution < -0.4 is 5.32 Å². The molecule has 90 valence electrons. The quantitative estimate of drug-likeness (QED) is 0.847. The molecule has 5 nitrogen and oxygen atoms in total. The smallest absolute Gasteiger partial charge is 0.182 e. The van der Waals surface area contributed by atoms with E-state index in [0.717, 1.165) is 29.4 Å². The maximum atomic E-state index is 4.25. The van der Waals surface area contributed by atoms with Gasteiger partial charge < -0.3 is 10.3 Å². The highest BCUT2D eigenvalue weighted by atomic mass is 15.1. The fraction of sp³-hybridized carbons (Fsp3) is 0.583. The first kappa shape index (κ1) is 10.5. The molecule has 3 rings (SSSR count). The SMILES string of the molecule is c1nc(NCCC2CCCC2)c2[nH]cnc2n1. The van der Waals surface area contributed by atoms with Gasteiger partial charge in [-0.3, -0.25) is 0 Å². The maximum Gasteiger partial charge on any atom is 0.182 e. The number of rotatable bonds is 4. The van der Waals surface area contributed by atoms with E-state index in [9.17, 15) is 0 Å². The Hall–Kier alpha value is -1.65. The van der Waals surface area contributed by atoms with Crippen LogP contribution in [-0.2, 0) is 0 Å². The zero-order valence-electron chi connectivity index (χ0n) is 9.82. The standard InChI is InChI=1S/C12H17N5/c1-2-4-9(3-1)5-6-13-11-10-12(15-7-14-10)17-8-16-11/h7-9H,1-6H2,(H2,13,14,15,16,17). The van der Waals surface area contributed by atoms with Gasteiger partial charge >= 0.3 is 0 Å². The summed E-state index contributed by atoms with van der Waals surface area (Å²) < 4.78 is 0. The molecule has 2 aromatic rings. The first-order valence-corrected chi connectivity index (χ1v) is 6.31. The van der Waals surface area contributed by atoms with Crippen molar-refractivity contribution < 1.29 is 0 Å². The van der Waals surface area contributed by atoms with Crippen LogP contribution in [0.2, 0.25) is 0 Å². The summed E-state index contributed by atoms with van der Waals surface area (Å²) in [5.41, 5.74) is 1.63. The van der Waals surface area contributed by atoms with Crippen LogP contribution in [0.4, 0.5) is 5.82 Å².